The standard InChI is InChI=1S/C17H24N2O3/c1-2-22-17(21)15-9-6-10-19(12-15)13-16(20)18-11-14-7-4-3-5-8-14/h3-5,7-8,15H,2,6,9-13H2,1H3,(H,18,20)/p+1/t15-/m1/s1. The van der Waals surface area contributed by atoms with Crippen LogP contribution >= 0.6 is 0 Å². The number of ether oxygens (including phenoxy) is 1. The highest BCUT2D eigenvalue weighted by atomic mass is 16.5. The molecule has 1 aromatic carbocycles. The number of likely N-dealkylation sites (tertiary alicyclic amines) is 1. The van der Waals surface area contributed by atoms with Crippen molar-refractivity contribution in [3.05, 3.63) is 35.9 Å². The molecule has 0 aliphatic carbocycles. The van der Waals surface area contributed by atoms with E-state index in [0.29, 0.717) is 26.2 Å². The minimum atomic E-state index is -0.121. The minimum Gasteiger partial charge on any atom is -0.466 e. The molecule has 0 saturated carbocycles. The number of hydrogen-bond donors (Lipinski definition) is 2. The third kappa shape index (κ3) is 5.15. The van der Waals surface area contributed by atoms with Crippen molar-refractivity contribution in [2.45, 2.75) is 26.3 Å². The Morgan fingerprint density at radius 2 is 2.09 bits per heavy atom. The number of carbonyl (C=O) groups is 2. The van der Waals surface area contributed by atoms with Crippen molar-refractivity contribution in [3.8, 4) is 0 Å². The number of piperidine rings is 1. The van der Waals surface area contributed by atoms with Gasteiger partial charge in [-0.25, -0.2) is 0 Å². The van der Waals surface area contributed by atoms with Crippen molar-refractivity contribution >= 4 is 11.9 Å². The van der Waals surface area contributed by atoms with Crippen molar-refractivity contribution in [2.24, 2.45) is 5.92 Å². The molecule has 1 unspecified atom stereocenters. The van der Waals surface area contributed by atoms with Crippen LogP contribution in [-0.4, -0.2) is 38.1 Å². The molecule has 2 N–H and O–H groups in total. The van der Waals surface area contributed by atoms with Gasteiger partial charge in [-0.05, 0) is 25.3 Å². The lowest BCUT2D eigenvalue weighted by Gasteiger charge is -2.28. The normalized spacial score (nSPS) is 21.1. The molecule has 1 fully saturated rings. The number of amides is 1. The molecule has 0 bridgehead atoms. The fraction of sp³-hybridized carbons (Fsp3) is 0.529. The van der Waals surface area contributed by atoms with Gasteiger partial charge < -0.3 is 15.0 Å². The number of rotatable bonds is 6. The Bertz CT molecular complexity index is 490. The van der Waals surface area contributed by atoms with Crippen LogP contribution in [0.2, 0.25) is 0 Å². The first kappa shape index (κ1) is 16.5. The van der Waals surface area contributed by atoms with Gasteiger partial charge in [-0.3, -0.25) is 9.59 Å². The van der Waals surface area contributed by atoms with Gasteiger partial charge in [-0.1, -0.05) is 30.3 Å². The lowest BCUT2D eigenvalue weighted by atomic mass is 9.98. The van der Waals surface area contributed by atoms with Crippen LogP contribution < -0.4 is 10.2 Å². The second-order valence-corrected chi connectivity index (χ2v) is 5.73. The minimum absolute atomic E-state index is 0.0309. The molecule has 0 spiro atoms. The first-order chi connectivity index (χ1) is 10.7. The van der Waals surface area contributed by atoms with Crippen molar-refractivity contribution in [2.75, 3.05) is 26.2 Å². The van der Waals surface area contributed by atoms with E-state index < -0.39 is 0 Å². The monoisotopic (exact) mass is 305 g/mol. The first-order valence-electron chi connectivity index (χ1n) is 8.00. The third-order valence-electron chi connectivity index (χ3n) is 3.98. The molecular weight excluding hydrogens is 280 g/mol. The van der Waals surface area contributed by atoms with Gasteiger partial charge >= 0.3 is 5.97 Å². The van der Waals surface area contributed by atoms with E-state index in [-0.39, 0.29) is 17.8 Å². The first-order valence-corrected chi connectivity index (χ1v) is 8.00. The van der Waals surface area contributed by atoms with E-state index in [9.17, 15) is 9.59 Å². The zero-order valence-electron chi connectivity index (χ0n) is 13.1. The summed E-state index contributed by atoms with van der Waals surface area (Å²) in [5.74, 6) is -0.154. The third-order valence-corrected chi connectivity index (χ3v) is 3.98. The maximum atomic E-state index is 12.0. The van der Waals surface area contributed by atoms with E-state index >= 15 is 0 Å². The van der Waals surface area contributed by atoms with E-state index in [2.05, 4.69) is 5.32 Å². The Labute approximate surface area is 131 Å². The second kappa shape index (κ2) is 8.54. The van der Waals surface area contributed by atoms with Crippen molar-refractivity contribution < 1.29 is 19.2 Å². The van der Waals surface area contributed by atoms with Crippen LogP contribution in [0.4, 0.5) is 0 Å². The number of nitrogens with one attached hydrogen (secondary N) is 2. The summed E-state index contributed by atoms with van der Waals surface area (Å²) >= 11 is 0. The quantitative estimate of drug-likeness (QED) is 0.736. The molecule has 2 rings (SSSR count). The van der Waals surface area contributed by atoms with Gasteiger partial charge in [0, 0.05) is 6.54 Å². The summed E-state index contributed by atoms with van der Waals surface area (Å²) < 4.78 is 5.09. The fourth-order valence-corrected chi connectivity index (χ4v) is 2.86. The molecule has 1 aliphatic heterocycles. The molecule has 5 heteroatoms. The molecule has 1 aromatic rings. The predicted molar refractivity (Wildman–Crippen MR) is 83.2 cm³/mol. The van der Waals surface area contributed by atoms with Crippen LogP contribution in [-0.2, 0) is 20.9 Å². The predicted octanol–water partition coefficient (Wildman–Crippen LogP) is 0.161. The Hall–Kier alpha value is -1.88. The summed E-state index contributed by atoms with van der Waals surface area (Å²) in [6, 6.07) is 9.86. The fourth-order valence-electron chi connectivity index (χ4n) is 2.86. The average Bonchev–Trinajstić information content (AvgIpc) is 2.54. The number of carbonyl (C=O) groups excluding carboxylic acids is 2. The van der Waals surface area contributed by atoms with Crippen LogP contribution in [0.25, 0.3) is 0 Å². The van der Waals surface area contributed by atoms with Gasteiger partial charge in [0.05, 0.1) is 19.7 Å². The van der Waals surface area contributed by atoms with Crippen LogP contribution in [0, 0.1) is 5.92 Å². The van der Waals surface area contributed by atoms with Crippen molar-refractivity contribution in [1.82, 2.24) is 5.32 Å². The lowest BCUT2D eigenvalue weighted by molar-refractivity contribution is -0.899. The Morgan fingerprint density at radius 3 is 2.82 bits per heavy atom. The summed E-state index contributed by atoms with van der Waals surface area (Å²) in [5.41, 5.74) is 1.09. The van der Waals surface area contributed by atoms with Gasteiger partial charge in [-0.2, -0.15) is 0 Å². The Balaban J connectivity index is 1.75. The number of quaternary nitrogens is 1. The van der Waals surface area contributed by atoms with Crippen molar-refractivity contribution in [1.29, 1.82) is 0 Å². The van der Waals surface area contributed by atoms with Crippen LogP contribution in [0.1, 0.15) is 25.3 Å². The highest BCUT2D eigenvalue weighted by Crippen LogP contribution is 2.09. The molecule has 2 atom stereocenters. The summed E-state index contributed by atoms with van der Waals surface area (Å²) in [5, 5.41) is 2.94. The molecule has 1 heterocycles. The van der Waals surface area contributed by atoms with E-state index in [1.165, 1.54) is 0 Å². The van der Waals surface area contributed by atoms with Crippen LogP contribution in [0.15, 0.2) is 30.3 Å². The molecule has 0 radical (unpaired) electrons. The Morgan fingerprint density at radius 1 is 1.32 bits per heavy atom. The lowest BCUT2D eigenvalue weighted by Crippen LogP contribution is -3.14. The SMILES string of the molecule is CCOC(=O)[C@@H]1CCC[NH+](CC(=O)NCc2ccccc2)C1. The number of hydrogen-bond acceptors (Lipinski definition) is 3. The summed E-state index contributed by atoms with van der Waals surface area (Å²) in [6.07, 6.45) is 1.83. The average molecular weight is 305 g/mol. The topological polar surface area (TPSA) is 59.8 Å². The van der Waals surface area contributed by atoms with Gasteiger partial charge in [0.15, 0.2) is 6.54 Å². The number of benzene rings is 1. The molecule has 1 saturated heterocycles. The van der Waals surface area contributed by atoms with E-state index in [1.807, 2.05) is 37.3 Å². The maximum Gasteiger partial charge on any atom is 0.314 e. The molecule has 22 heavy (non-hydrogen) atoms. The molecule has 0 aromatic heterocycles. The summed E-state index contributed by atoms with van der Waals surface area (Å²) in [7, 11) is 0. The highest BCUT2D eigenvalue weighted by molar-refractivity contribution is 5.77. The number of esters is 1. The summed E-state index contributed by atoms with van der Waals surface area (Å²) in [4.78, 5) is 25.0. The van der Waals surface area contributed by atoms with Crippen LogP contribution in [0.3, 0.4) is 0 Å². The van der Waals surface area contributed by atoms with E-state index in [4.69, 9.17) is 4.74 Å². The van der Waals surface area contributed by atoms with E-state index in [1.54, 1.807) is 0 Å². The largest absolute Gasteiger partial charge is 0.466 e. The molecule has 1 amide bonds. The van der Waals surface area contributed by atoms with Gasteiger partial charge in [0.1, 0.15) is 5.92 Å². The smallest absolute Gasteiger partial charge is 0.314 e. The zero-order chi connectivity index (χ0) is 15.8. The Kier molecular flexibility index (Phi) is 6.40. The van der Waals surface area contributed by atoms with Crippen LogP contribution in [0.5, 0.6) is 0 Å². The molecular formula is C17H25N2O3+. The zero-order valence-corrected chi connectivity index (χ0v) is 13.1. The molecule has 120 valence electrons. The van der Waals surface area contributed by atoms with Gasteiger partial charge in [0.25, 0.3) is 5.91 Å². The summed E-state index contributed by atoms with van der Waals surface area (Å²) in [6.45, 7) is 4.84. The highest BCUT2D eigenvalue weighted by Gasteiger charge is 2.30. The second-order valence-electron chi connectivity index (χ2n) is 5.73. The maximum absolute atomic E-state index is 12.0. The molecule has 5 nitrogen and oxygen atoms in total. The van der Waals surface area contributed by atoms with Gasteiger partial charge in [-0.15, -0.1) is 0 Å². The van der Waals surface area contributed by atoms with Gasteiger partial charge in [0.2, 0.25) is 0 Å². The molecule has 1 aliphatic rings. The van der Waals surface area contributed by atoms with Crippen molar-refractivity contribution in [3.63, 3.8) is 0 Å². The van der Waals surface area contributed by atoms with E-state index in [0.717, 1.165) is 29.8 Å².